The minimum Gasteiger partial charge on any atom is -0.355 e. The Morgan fingerprint density at radius 3 is 2.29 bits per heavy atom. The molecule has 1 heteroatoms. The second-order valence-electron chi connectivity index (χ2n) is 3.19. The van der Waals surface area contributed by atoms with E-state index < -0.39 is 0 Å². The predicted octanol–water partition coefficient (Wildman–Crippen LogP) is 3.21. The highest BCUT2D eigenvalue weighted by molar-refractivity contribution is 5.14. The lowest BCUT2D eigenvalue weighted by molar-refractivity contribution is 0.491. The molecule has 0 atom stereocenters. The van der Waals surface area contributed by atoms with Crippen molar-refractivity contribution < 1.29 is 0 Å². The van der Waals surface area contributed by atoms with Crippen molar-refractivity contribution >= 4 is 0 Å². The summed E-state index contributed by atoms with van der Waals surface area (Å²) >= 11 is 0. The first kappa shape index (κ1) is 10.6. The van der Waals surface area contributed by atoms with Gasteiger partial charge < -0.3 is 4.90 Å². The van der Waals surface area contributed by atoms with Gasteiger partial charge in [0.05, 0.1) is 0 Å². The average Bonchev–Trinajstić information content (AvgIpc) is 2.26. The molecule has 0 bridgehead atoms. The van der Waals surface area contributed by atoms with Gasteiger partial charge in [-0.1, -0.05) is 43.5 Å². The summed E-state index contributed by atoms with van der Waals surface area (Å²) in [5.74, 6) is 0. The van der Waals surface area contributed by atoms with Gasteiger partial charge in [0.15, 0.2) is 0 Å². The minimum absolute atomic E-state index is 0.988. The summed E-state index contributed by atoms with van der Waals surface area (Å²) in [7, 11) is 0. The van der Waals surface area contributed by atoms with Crippen molar-refractivity contribution in [3.05, 3.63) is 61.5 Å². The Hall–Kier alpha value is -1.50. The van der Waals surface area contributed by atoms with Crippen molar-refractivity contribution in [2.75, 3.05) is 6.54 Å². The molecule has 0 heterocycles. The fourth-order valence-corrected chi connectivity index (χ4v) is 1.37. The Labute approximate surface area is 86.4 Å². The highest BCUT2D eigenvalue weighted by Gasteiger charge is 1.94. The Morgan fingerprint density at radius 1 is 1.07 bits per heavy atom. The van der Waals surface area contributed by atoms with E-state index in [-0.39, 0.29) is 0 Å². The first-order chi connectivity index (χ1) is 6.86. The highest BCUT2D eigenvalue weighted by atomic mass is 15.1. The Balaban J connectivity index is 2.28. The number of hydrogen-bond acceptors (Lipinski definition) is 1. The van der Waals surface area contributed by atoms with Crippen LogP contribution in [0.5, 0.6) is 0 Å². The predicted molar refractivity (Wildman–Crippen MR) is 61.9 cm³/mol. The van der Waals surface area contributed by atoms with Crippen LogP contribution in [-0.4, -0.2) is 11.4 Å². The number of hydrogen-bond donors (Lipinski definition) is 0. The maximum atomic E-state index is 3.71. The summed E-state index contributed by atoms with van der Waals surface area (Å²) in [4.78, 5) is 2.00. The molecule has 0 radical (unpaired) electrons. The second kappa shape index (κ2) is 6.03. The normalized spacial score (nSPS) is 9.43. The van der Waals surface area contributed by atoms with Crippen molar-refractivity contribution in [2.45, 2.75) is 12.8 Å². The third-order valence-corrected chi connectivity index (χ3v) is 2.19. The molecular weight excluding hydrogens is 170 g/mol. The summed E-state index contributed by atoms with van der Waals surface area (Å²) in [5, 5.41) is 0. The maximum Gasteiger partial charge on any atom is 0.0222 e. The van der Waals surface area contributed by atoms with Crippen LogP contribution in [0.25, 0.3) is 0 Å². The van der Waals surface area contributed by atoms with Crippen LogP contribution in [0.15, 0.2) is 55.9 Å². The van der Waals surface area contributed by atoms with Gasteiger partial charge in [0.25, 0.3) is 0 Å². The molecule has 1 aromatic rings. The van der Waals surface area contributed by atoms with Crippen LogP contribution in [0, 0.1) is 0 Å². The summed E-state index contributed by atoms with van der Waals surface area (Å²) in [6.45, 7) is 8.41. The molecule has 1 rings (SSSR count). The Bertz CT molecular complexity index is 269. The van der Waals surface area contributed by atoms with Gasteiger partial charge in [0.1, 0.15) is 0 Å². The molecular formula is C13H17N. The van der Waals surface area contributed by atoms with Crippen LogP contribution >= 0.6 is 0 Å². The van der Waals surface area contributed by atoms with Crippen molar-refractivity contribution in [3.63, 3.8) is 0 Å². The maximum absolute atomic E-state index is 3.71. The molecule has 0 aliphatic rings. The molecule has 0 spiro atoms. The Morgan fingerprint density at radius 2 is 1.71 bits per heavy atom. The minimum atomic E-state index is 0.988. The third kappa shape index (κ3) is 3.48. The van der Waals surface area contributed by atoms with Crippen LogP contribution in [0.4, 0.5) is 0 Å². The van der Waals surface area contributed by atoms with E-state index in [1.165, 1.54) is 5.56 Å². The lowest BCUT2D eigenvalue weighted by atomic mass is 10.1. The van der Waals surface area contributed by atoms with E-state index in [1.54, 1.807) is 12.4 Å². The third-order valence-electron chi connectivity index (χ3n) is 2.19. The van der Waals surface area contributed by atoms with Crippen LogP contribution < -0.4 is 0 Å². The number of rotatable bonds is 6. The average molecular weight is 187 g/mol. The molecule has 14 heavy (non-hydrogen) atoms. The smallest absolute Gasteiger partial charge is 0.0222 e. The van der Waals surface area contributed by atoms with Gasteiger partial charge in [0.2, 0.25) is 0 Å². The standard InChI is InChI=1S/C13H17N/c1-3-14(4-2)12-8-11-13-9-6-5-7-10-13/h3-7,9-10H,1-2,8,11-12H2. The molecule has 0 aliphatic heterocycles. The van der Waals surface area contributed by atoms with E-state index in [2.05, 4.69) is 37.4 Å². The van der Waals surface area contributed by atoms with Crippen LogP contribution in [-0.2, 0) is 6.42 Å². The van der Waals surface area contributed by atoms with E-state index in [1.807, 2.05) is 11.0 Å². The topological polar surface area (TPSA) is 3.24 Å². The van der Waals surface area contributed by atoms with Crippen molar-refractivity contribution in [1.29, 1.82) is 0 Å². The van der Waals surface area contributed by atoms with Crippen LogP contribution in [0.2, 0.25) is 0 Å². The summed E-state index contributed by atoms with van der Waals surface area (Å²) in [5.41, 5.74) is 1.39. The number of benzene rings is 1. The molecule has 0 amide bonds. The lowest BCUT2D eigenvalue weighted by Gasteiger charge is -2.13. The van der Waals surface area contributed by atoms with Gasteiger partial charge >= 0.3 is 0 Å². The molecule has 0 aliphatic carbocycles. The van der Waals surface area contributed by atoms with Gasteiger partial charge in [-0.25, -0.2) is 0 Å². The van der Waals surface area contributed by atoms with E-state index in [4.69, 9.17) is 0 Å². The fourth-order valence-electron chi connectivity index (χ4n) is 1.37. The zero-order valence-corrected chi connectivity index (χ0v) is 8.52. The largest absolute Gasteiger partial charge is 0.355 e. The summed E-state index contributed by atoms with van der Waals surface area (Å²) in [6, 6.07) is 10.5. The van der Waals surface area contributed by atoms with Gasteiger partial charge in [-0.2, -0.15) is 0 Å². The zero-order valence-electron chi connectivity index (χ0n) is 8.52. The van der Waals surface area contributed by atoms with Gasteiger partial charge in [0, 0.05) is 6.54 Å². The first-order valence-electron chi connectivity index (χ1n) is 4.91. The number of aryl methyl sites for hydroxylation is 1. The molecule has 0 unspecified atom stereocenters. The molecule has 74 valence electrons. The zero-order chi connectivity index (χ0) is 10.2. The van der Waals surface area contributed by atoms with Crippen molar-refractivity contribution in [3.8, 4) is 0 Å². The van der Waals surface area contributed by atoms with Crippen LogP contribution in [0.1, 0.15) is 12.0 Å². The van der Waals surface area contributed by atoms with Crippen molar-refractivity contribution in [1.82, 2.24) is 4.90 Å². The molecule has 0 aromatic heterocycles. The summed E-state index contributed by atoms with van der Waals surface area (Å²) in [6.07, 6.45) is 5.84. The van der Waals surface area contributed by atoms with Gasteiger partial charge in [-0.05, 0) is 30.8 Å². The molecule has 0 fully saturated rings. The monoisotopic (exact) mass is 187 g/mol. The van der Waals surface area contributed by atoms with E-state index in [0.29, 0.717) is 0 Å². The molecule has 0 N–H and O–H groups in total. The lowest BCUT2D eigenvalue weighted by Crippen LogP contribution is -2.10. The van der Waals surface area contributed by atoms with E-state index in [0.717, 1.165) is 19.4 Å². The second-order valence-corrected chi connectivity index (χ2v) is 3.19. The van der Waals surface area contributed by atoms with E-state index >= 15 is 0 Å². The molecule has 1 nitrogen and oxygen atoms in total. The SMILES string of the molecule is C=CN(C=C)CCCc1ccccc1. The van der Waals surface area contributed by atoms with Gasteiger partial charge in [-0.3, -0.25) is 0 Å². The van der Waals surface area contributed by atoms with Gasteiger partial charge in [-0.15, -0.1) is 0 Å². The number of nitrogens with zero attached hydrogens (tertiary/aromatic N) is 1. The molecule has 0 saturated heterocycles. The summed E-state index contributed by atoms with van der Waals surface area (Å²) < 4.78 is 0. The van der Waals surface area contributed by atoms with Crippen LogP contribution in [0.3, 0.4) is 0 Å². The highest BCUT2D eigenvalue weighted by Crippen LogP contribution is 2.03. The quantitative estimate of drug-likeness (QED) is 0.661. The van der Waals surface area contributed by atoms with Crippen molar-refractivity contribution in [2.24, 2.45) is 0 Å². The van der Waals surface area contributed by atoms with E-state index in [9.17, 15) is 0 Å². The Kier molecular flexibility index (Phi) is 4.56. The first-order valence-corrected chi connectivity index (χ1v) is 4.91. The molecule has 0 saturated carbocycles. The fraction of sp³-hybridized carbons (Fsp3) is 0.231. The molecule has 1 aromatic carbocycles.